The highest BCUT2D eigenvalue weighted by molar-refractivity contribution is 7.92. The second-order valence-corrected chi connectivity index (χ2v) is 11.1. The first kappa shape index (κ1) is 23.2. The molecule has 1 aromatic rings. The van der Waals surface area contributed by atoms with E-state index in [-0.39, 0.29) is 35.9 Å². The summed E-state index contributed by atoms with van der Waals surface area (Å²) in [6.07, 6.45) is 0.736. The second kappa shape index (κ2) is 8.23. The number of anilines is 1. The Morgan fingerprint density at radius 2 is 1.81 bits per heavy atom. The topological polar surface area (TPSA) is 122 Å². The molecule has 1 aromatic carbocycles. The van der Waals surface area contributed by atoms with Crippen LogP contribution in [0.5, 0.6) is 0 Å². The lowest BCUT2D eigenvalue weighted by atomic mass is 9.85. The average molecular weight is 452 g/mol. The summed E-state index contributed by atoms with van der Waals surface area (Å²) in [6, 6.07) is 4.46. The van der Waals surface area contributed by atoms with Gasteiger partial charge in [0.1, 0.15) is 18.7 Å². The molecule has 0 unspecified atom stereocenters. The molecule has 31 heavy (non-hydrogen) atoms. The molecule has 2 aliphatic rings. The van der Waals surface area contributed by atoms with Crippen LogP contribution in [0, 0.1) is 11.3 Å². The molecule has 2 saturated heterocycles. The zero-order chi connectivity index (χ0) is 23.1. The molecule has 0 saturated carbocycles. The van der Waals surface area contributed by atoms with E-state index in [1.807, 2.05) is 27.7 Å². The van der Waals surface area contributed by atoms with Gasteiger partial charge >= 0.3 is 0 Å². The first-order chi connectivity index (χ1) is 14.3. The SMILES string of the molecule is C[C@H]1CN(C(=O)[C@@H](NC(=O)c2ccc(NS(C)(=O)=O)cc2)C(C)(C)C)[C@@H]2C(=O)CO[C@@H]21. The van der Waals surface area contributed by atoms with Crippen LogP contribution < -0.4 is 10.0 Å². The van der Waals surface area contributed by atoms with Crippen LogP contribution in [0.2, 0.25) is 0 Å². The molecule has 0 spiro atoms. The summed E-state index contributed by atoms with van der Waals surface area (Å²) in [5.74, 6) is -0.853. The van der Waals surface area contributed by atoms with Crippen LogP contribution in [-0.4, -0.2) is 68.5 Å². The summed E-state index contributed by atoms with van der Waals surface area (Å²) in [4.78, 5) is 40.1. The number of benzene rings is 1. The van der Waals surface area contributed by atoms with Crippen molar-refractivity contribution in [3.8, 4) is 0 Å². The van der Waals surface area contributed by atoms with Crippen molar-refractivity contribution in [1.82, 2.24) is 10.2 Å². The van der Waals surface area contributed by atoms with Gasteiger partial charge in [-0.15, -0.1) is 0 Å². The molecular weight excluding hydrogens is 422 g/mol. The van der Waals surface area contributed by atoms with E-state index in [1.165, 1.54) is 24.3 Å². The van der Waals surface area contributed by atoms with Gasteiger partial charge in [-0.05, 0) is 29.7 Å². The van der Waals surface area contributed by atoms with Crippen molar-refractivity contribution in [1.29, 1.82) is 0 Å². The van der Waals surface area contributed by atoms with Crippen LogP contribution in [0.15, 0.2) is 24.3 Å². The number of likely N-dealkylation sites (tertiary alicyclic amines) is 1. The van der Waals surface area contributed by atoms with E-state index < -0.39 is 33.4 Å². The highest BCUT2D eigenvalue weighted by atomic mass is 32.2. The van der Waals surface area contributed by atoms with Crippen molar-refractivity contribution in [2.75, 3.05) is 24.1 Å². The maximum absolute atomic E-state index is 13.4. The lowest BCUT2D eigenvalue weighted by Gasteiger charge is -2.35. The van der Waals surface area contributed by atoms with Gasteiger partial charge in [0.25, 0.3) is 5.91 Å². The van der Waals surface area contributed by atoms with Gasteiger partial charge in [0.05, 0.1) is 12.4 Å². The van der Waals surface area contributed by atoms with E-state index in [2.05, 4.69) is 10.0 Å². The van der Waals surface area contributed by atoms with Gasteiger partial charge in [-0.25, -0.2) is 8.42 Å². The Bertz CT molecular complexity index is 983. The average Bonchev–Trinajstić information content (AvgIpc) is 3.18. The van der Waals surface area contributed by atoms with Crippen molar-refractivity contribution in [2.24, 2.45) is 11.3 Å². The summed E-state index contributed by atoms with van der Waals surface area (Å²) < 4.78 is 30.6. The van der Waals surface area contributed by atoms with Crippen molar-refractivity contribution < 1.29 is 27.5 Å². The number of ketones is 1. The summed E-state index contributed by atoms with van der Waals surface area (Å²) in [5.41, 5.74) is 0.0161. The molecule has 9 nitrogen and oxygen atoms in total. The highest BCUT2D eigenvalue weighted by Gasteiger charge is 2.52. The number of ether oxygens (including phenoxy) is 1. The highest BCUT2D eigenvalue weighted by Crippen LogP contribution is 2.33. The van der Waals surface area contributed by atoms with E-state index in [0.717, 1.165) is 6.26 Å². The molecule has 2 fully saturated rings. The van der Waals surface area contributed by atoms with Gasteiger partial charge in [0, 0.05) is 23.7 Å². The minimum atomic E-state index is -3.42. The maximum atomic E-state index is 13.4. The molecule has 0 aliphatic carbocycles. The quantitative estimate of drug-likeness (QED) is 0.689. The lowest BCUT2D eigenvalue weighted by Crippen LogP contribution is -2.57. The molecule has 2 aliphatic heterocycles. The first-order valence-electron chi connectivity index (χ1n) is 10.1. The predicted molar refractivity (Wildman–Crippen MR) is 115 cm³/mol. The molecule has 2 N–H and O–H groups in total. The number of hydrogen-bond acceptors (Lipinski definition) is 6. The normalized spacial score (nSPS) is 24.6. The minimum absolute atomic E-state index is 0.00383. The monoisotopic (exact) mass is 451 g/mol. The second-order valence-electron chi connectivity index (χ2n) is 9.38. The first-order valence-corrected chi connectivity index (χ1v) is 12.0. The number of nitrogens with one attached hydrogen (secondary N) is 2. The molecule has 2 amide bonds. The summed E-state index contributed by atoms with van der Waals surface area (Å²) >= 11 is 0. The van der Waals surface area contributed by atoms with Gasteiger partial charge in [-0.2, -0.15) is 0 Å². The summed E-state index contributed by atoms with van der Waals surface area (Å²) in [5, 5.41) is 2.81. The number of rotatable bonds is 5. The fraction of sp³-hybridized carbons (Fsp3) is 0.571. The number of fused-ring (bicyclic) bond motifs is 1. The Morgan fingerprint density at radius 1 is 1.19 bits per heavy atom. The van der Waals surface area contributed by atoms with Crippen LogP contribution in [0.1, 0.15) is 38.1 Å². The molecular formula is C21H29N3O6S. The van der Waals surface area contributed by atoms with E-state index in [1.54, 1.807) is 4.90 Å². The molecule has 4 atom stereocenters. The zero-order valence-corrected chi connectivity index (χ0v) is 19.2. The van der Waals surface area contributed by atoms with Crippen molar-refractivity contribution in [2.45, 2.75) is 45.9 Å². The molecule has 170 valence electrons. The lowest BCUT2D eigenvalue weighted by molar-refractivity contribution is -0.140. The van der Waals surface area contributed by atoms with Crippen LogP contribution >= 0.6 is 0 Å². The van der Waals surface area contributed by atoms with Crippen molar-refractivity contribution >= 4 is 33.3 Å². The third kappa shape index (κ3) is 5.07. The largest absolute Gasteiger partial charge is 0.367 e. The fourth-order valence-electron chi connectivity index (χ4n) is 4.05. The Hall–Kier alpha value is -2.46. The number of Topliss-reactive ketones (excluding diaryl/α,β-unsaturated/α-hetero) is 1. The van der Waals surface area contributed by atoms with Gasteiger partial charge in [0.15, 0.2) is 5.78 Å². The third-order valence-corrected chi connectivity index (χ3v) is 6.17. The summed E-state index contributed by atoms with van der Waals surface area (Å²) in [6.45, 7) is 7.88. The molecule has 3 rings (SSSR count). The smallest absolute Gasteiger partial charge is 0.251 e. The number of carbonyl (C=O) groups is 3. The van der Waals surface area contributed by atoms with E-state index in [0.29, 0.717) is 12.2 Å². The maximum Gasteiger partial charge on any atom is 0.251 e. The Kier molecular flexibility index (Phi) is 6.16. The zero-order valence-electron chi connectivity index (χ0n) is 18.3. The van der Waals surface area contributed by atoms with Gasteiger partial charge in [-0.1, -0.05) is 27.7 Å². The molecule has 0 bridgehead atoms. The van der Waals surface area contributed by atoms with Crippen molar-refractivity contribution in [3.63, 3.8) is 0 Å². The fourth-order valence-corrected chi connectivity index (χ4v) is 4.62. The van der Waals surface area contributed by atoms with Crippen LogP contribution in [-0.2, 0) is 24.3 Å². The van der Waals surface area contributed by atoms with Gasteiger partial charge in [0.2, 0.25) is 15.9 Å². The number of carbonyl (C=O) groups excluding carboxylic acids is 3. The molecule has 0 aromatic heterocycles. The Labute approximate surface area is 182 Å². The van der Waals surface area contributed by atoms with E-state index in [9.17, 15) is 22.8 Å². The third-order valence-electron chi connectivity index (χ3n) is 5.56. The number of nitrogens with zero attached hydrogens (tertiary/aromatic N) is 1. The Morgan fingerprint density at radius 3 is 2.35 bits per heavy atom. The van der Waals surface area contributed by atoms with Crippen LogP contribution in [0.25, 0.3) is 0 Å². The number of hydrogen-bond donors (Lipinski definition) is 2. The van der Waals surface area contributed by atoms with E-state index >= 15 is 0 Å². The van der Waals surface area contributed by atoms with Crippen LogP contribution in [0.4, 0.5) is 5.69 Å². The van der Waals surface area contributed by atoms with Crippen LogP contribution in [0.3, 0.4) is 0 Å². The molecule has 0 radical (unpaired) electrons. The summed E-state index contributed by atoms with van der Waals surface area (Å²) in [7, 11) is -3.42. The minimum Gasteiger partial charge on any atom is -0.367 e. The van der Waals surface area contributed by atoms with Gasteiger partial charge < -0.3 is 15.0 Å². The predicted octanol–water partition coefficient (Wildman–Crippen LogP) is 1.02. The standard InChI is InChI=1S/C21H29N3O6S/c1-12-10-24(16-15(25)11-30-17(12)16)20(27)18(21(2,3)4)22-19(26)13-6-8-14(9-7-13)23-31(5,28)29/h6-9,12,16-18,23H,10-11H2,1-5H3,(H,22,26)/t12-,16+,17+,18+/m0/s1. The Balaban J connectivity index is 1.78. The van der Waals surface area contributed by atoms with Crippen molar-refractivity contribution in [3.05, 3.63) is 29.8 Å². The van der Waals surface area contributed by atoms with Gasteiger partial charge in [-0.3, -0.25) is 19.1 Å². The molecule has 10 heteroatoms. The van der Waals surface area contributed by atoms with E-state index in [4.69, 9.17) is 4.74 Å². The molecule has 2 heterocycles. The number of sulfonamides is 1. The number of amides is 2.